The largest absolute Gasteiger partial charge is 0.476 e. The molecule has 1 aromatic heterocycles. The molecule has 3 N–H and O–H groups in total. The summed E-state index contributed by atoms with van der Waals surface area (Å²) in [5.41, 5.74) is -0.144. The number of hydrogen-bond donors (Lipinski definition) is 3. The standard InChI is InChI=1S/C11H15ClN2O3S/c12-8-2-3-9(14-10(8)11(16)17)13-4-7-18-6-1-5-15/h2-3,15H,1,4-7H2,(H,13,14)(H,16,17). The van der Waals surface area contributed by atoms with Crippen LogP contribution in [0.4, 0.5) is 5.82 Å². The Morgan fingerprint density at radius 3 is 2.89 bits per heavy atom. The smallest absolute Gasteiger partial charge is 0.356 e. The van der Waals surface area contributed by atoms with Gasteiger partial charge in [0.05, 0.1) is 5.02 Å². The van der Waals surface area contributed by atoms with Gasteiger partial charge in [0, 0.05) is 18.9 Å². The third-order valence-electron chi connectivity index (χ3n) is 2.05. The summed E-state index contributed by atoms with van der Waals surface area (Å²) in [6.07, 6.45) is 0.785. The Balaban J connectivity index is 2.38. The number of hydrogen-bond acceptors (Lipinski definition) is 5. The summed E-state index contributed by atoms with van der Waals surface area (Å²) < 4.78 is 0. The first kappa shape index (κ1) is 15.1. The highest BCUT2D eigenvalue weighted by Crippen LogP contribution is 2.16. The molecule has 100 valence electrons. The van der Waals surface area contributed by atoms with Crippen LogP contribution in [-0.4, -0.2) is 45.8 Å². The number of nitrogens with zero attached hydrogens (tertiary/aromatic N) is 1. The van der Waals surface area contributed by atoms with E-state index >= 15 is 0 Å². The second-order valence-electron chi connectivity index (χ2n) is 3.45. The number of aromatic nitrogens is 1. The molecule has 7 heteroatoms. The average molecular weight is 291 g/mol. The van der Waals surface area contributed by atoms with Crippen molar-refractivity contribution in [3.8, 4) is 0 Å². The van der Waals surface area contributed by atoms with E-state index in [-0.39, 0.29) is 17.3 Å². The molecule has 1 heterocycles. The second-order valence-corrected chi connectivity index (χ2v) is 5.08. The number of halogens is 1. The zero-order valence-electron chi connectivity index (χ0n) is 9.73. The Kier molecular flexibility index (Phi) is 6.85. The van der Waals surface area contributed by atoms with Crippen molar-refractivity contribution in [3.05, 3.63) is 22.8 Å². The number of nitrogens with one attached hydrogen (secondary N) is 1. The molecule has 5 nitrogen and oxygen atoms in total. The van der Waals surface area contributed by atoms with Crippen LogP contribution in [0.1, 0.15) is 16.9 Å². The summed E-state index contributed by atoms with van der Waals surface area (Å²) in [6.45, 7) is 0.894. The van der Waals surface area contributed by atoms with Crippen LogP contribution in [0.15, 0.2) is 12.1 Å². The van der Waals surface area contributed by atoms with E-state index in [4.69, 9.17) is 21.8 Å². The summed E-state index contributed by atoms with van der Waals surface area (Å²) in [7, 11) is 0. The molecule has 0 aliphatic rings. The molecule has 0 aliphatic carbocycles. The SMILES string of the molecule is O=C(O)c1nc(NCCSCCCO)ccc1Cl. The minimum atomic E-state index is -1.14. The number of rotatable bonds is 8. The van der Waals surface area contributed by atoms with Gasteiger partial charge in [0.1, 0.15) is 5.82 Å². The fourth-order valence-corrected chi connectivity index (χ4v) is 2.18. The molecule has 0 saturated heterocycles. The number of aromatic carboxylic acids is 1. The van der Waals surface area contributed by atoms with Gasteiger partial charge in [-0.25, -0.2) is 9.78 Å². The number of carbonyl (C=O) groups is 1. The summed E-state index contributed by atoms with van der Waals surface area (Å²) in [6, 6.07) is 3.16. The van der Waals surface area contributed by atoms with E-state index < -0.39 is 5.97 Å². The molecule has 0 aliphatic heterocycles. The molecule has 0 spiro atoms. The maximum Gasteiger partial charge on any atom is 0.356 e. The van der Waals surface area contributed by atoms with Crippen LogP contribution < -0.4 is 5.32 Å². The van der Waals surface area contributed by atoms with Gasteiger partial charge >= 0.3 is 5.97 Å². The van der Waals surface area contributed by atoms with Crippen molar-refractivity contribution < 1.29 is 15.0 Å². The Morgan fingerprint density at radius 2 is 2.22 bits per heavy atom. The van der Waals surface area contributed by atoms with Crippen molar-refractivity contribution in [2.24, 2.45) is 0 Å². The lowest BCUT2D eigenvalue weighted by Gasteiger charge is -2.06. The zero-order chi connectivity index (χ0) is 13.4. The number of thioether (sulfide) groups is 1. The second kappa shape index (κ2) is 8.18. The predicted molar refractivity (Wildman–Crippen MR) is 73.7 cm³/mol. The number of carboxylic acid groups (broad SMARTS) is 1. The van der Waals surface area contributed by atoms with Crippen molar-refractivity contribution >= 4 is 35.1 Å². The van der Waals surface area contributed by atoms with Crippen molar-refractivity contribution in [2.45, 2.75) is 6.42 Å². The van der Waals surface area contributed by atoms with E-state index in [0.717, 1.165) is 17.9 Å². The van der Waals surface area contributed by atoms with E-state index in [1.807, 2.05) is 0 Å². The molecule has 1 aromatic rings. The van der Waals surface area contributed by atoms with Gasteiger partial charge in [0.2, 0.25) is 0 Å². The van der Waals surface area contributed by atoms with Crippen LogP contribution in [-0.2, 0) is 0 Å². The lowest BCUT2D eigenvalue weighted by atomic mass is 10.3. The first-order valence-electron chi connectivity index (χ1n) is 5.47. The molecule has 0 atom stereocenters. The molecule has 0 unspecified atom stereocenters. The maximum absolute atomic E-state index is 10.8. The molecule has 0 fully saturated rings. The first-order valence-corrected chi connectivity index (χ1v) is 7.00. The Hall–Kier alpha value is -0.980. The van der Waals surface area contributed by atoms with Crippen LogP contribution in [0.25, 0.3) is 0 Å². The fraction of sp³-hybridized carbons (Fsp3) is 0.455. The van der Waals surface area contributed by atoms with Gasteiger partial charge in [-0.1, -0.05) is 11.6 Å². The molecule has 0 aromatic carbocycles. The molecule has 0 saturated carbocycles. The van der Waals surface area contributed by atoms with Crippen LogP contribution >= 0.6 is 23.4 Å². The predicted octanol–water partition coefficient (Wildman–Crippen LogP) is 1.96. The maximum atomic E-state index is 10.8. The minimum absolute atomic E-state index is 0.130. The lowest BCUT2D eigenvalue weighted by molar-refractivity contribution is 0.0691. The number of carboxylic acids is 1. The summed E-state index contributed by atoms with van der Waals surface area (Å²) in [4.78, 5) is 14.7. The third-order valence-corrected chi connectivity index (χ3v) is 3.42. The minimum Gasteiger partial charge on any atom is -0.476 e. The van der Waals surface area contributed by atoms with Crippen molar-refractivity contribution in [3.63, 3.8) is 0 Å². The monoisotopic (exact) mass is 290 g/mol. The van der Waals surface area contributed by atoms with E-state index in [0.29, 0.717) is 12.4 Å². The number of aliphatic hydroxyl groups excluding tert-OH is 1. The normalized spacial score (nSPS) is 10.3. The van der Waals surface area contributed by atoms with Gasteiger partial charge in [0.15, 0.2) is 5.69 Å². The molecule has 0 bridgehead atoms. The van der Waals surface area contributed by atoms with Gasteiger partial charge in [-0.2, -0.15) is 11.8 Å². The Bertz CT molecular complexity index is 404. The Morgan fingerprint density at radius 1 is 1.44 bits per heavy atom. The van der Waals surface area contributed by atoms with Crippen molar-refractivity contribution in [1.82, 2.24) is 4.98 Å². The zero-order valence-corrected chi connectivity index (χ0v) is 11.3. The summed E-state index contributed by atoms with van der Waals surface area (Å²) in [5.74, 6) is 1.14. The number of anilines is 1. The quantitative estimate of drug-likeness (QED) is 0.635. The summed E-state index contributed by atoms with van der Waals surface area (Å²) in [5, 5.41) is 20.6. The Labute approximate surface area is 115 Å². The molecular formula is C11H15ClN2O3S. The lowest BCUT2D eigenvalue weighted by Crippen LogP contribution is -2.09. The molecular weight excluding hydrogens is 276 g/mol. The van der Waals surface area contributed by atoms with E-state index in [1.165, 1.54) is 6.07 Å². The van der Waals surface area contributed by atoms with Gasteiger partial charge in [-0.05, 0) is 24.3 Å². The van der Waals surface area contributed by atoms with Crippen LogP contribution in [0.3, 0.4) is 0 Å². The molecule has 1 rings (SSSR count). The average Bonchev–Trinajstić information content (AvgIpc) is 2.35. The summed E-state index contributed by atoms with van der Waals surface area (Å²) >= 11 is 7.43. The van der Waals surface area contributed by atoms with Crippen LogP contribution in [0.2, 0.25) is 5.02 Å². The highest BCUT2D eigenvalue weighted by molar-refractivity contribution is 7.99. The topological polar surface area (TPSA) is 82.5 Å². The van der Waals surface area contributed by atoms with Crippen molar-refractivity contribution in [1.29, 1.82) is 0 Å². The highest BCUT2D eigenvalue weighted by atomic mass is 35.5. The number of pyridine rings is 1. The van der Waals surface area contributed by atoms with Gasteiger partial charge < -0.3 is 15.5 Å². The number of aliphatic hydroxyl groups is 1. The molecule has 0 amide bonds. The van der Waals surface area contributed by atoms with E-state index in [2.05, 4.69) is 10.3 Å². The third kappa shape index (κ3) is 5.12. The van der Waals surface area contributed by atoms with Crippen LogP contribution in [0, 0.1) is 0 Å². The van der Waals surface area contributed by atoms with Gasteiger partial charge in [0.25, 0.3) is 0 Å². The molecule has 18 heavy (non-hydrogen) atoms. The van der Waals surface area contributed by atoms with E-state index in [1.54, 1.807) is 17.8 Å². The van der Waals surface area contributed by atoms with Gasteiger partial charge in [-0.15, -0.1) is 0 Å². The van der Waals surface area contributed by atoms with Gasteiger partial charge in [-0.3, -0.25) is 0 Å². The highest BCUT2D eigenvalue weighted by Gasteiger charge is 2.10. The van der Waals surface area contributed by atoms with Crippen LogP contribution in [0.5, 0.6) is 0 Å². The fourth-order valence-electron chi connectivity index (χ4n) is 1.21. The van der Waals surface area contributed by atoms with E-state index in [9.17, 15) is 4.79 Å². The van der Waals surface area contributed by atoms with Crippen molar-refractivity contribution in [2.75, 3.05) is 30.0 Å². The first-order chi connectivity index (χ1) is 8.65. The molecule has 0 radical (unpaired) electrons.